The molecule has 1 aliphatic rings. The maximum atomic E-state index is 15.2. The number of carbonyl (C=O) groups excluding carboxylic acids is 14. The quantitative estimate of drug-likeness (QED) is 0.01000. The number of nitrogens with zero attached hydrogens (tertiary/aromatic N) is 2. The first-order valence-corrected chi connectivity index (χ1v) is 39.1. The number of aliphatic hydroxyl groups is 2. The zero-order chi connectivity index (χ0) is 86.5. The molecule has 6 rings (SSSR count). The number of aliphatic carboxylic acids is 1. The number of phenolic OH excluding ortho intramolecular Hbond substituents is 1. The van der Waals surface area contributed by atoms with Gasteiger partial charge in [-0.15, -0.1) is 0 Å². The first-order chi connectivity index (χ1) is 56.3. The smallest absolute Gasteiger partial charge is 0.303 e. The van der Waals surface area contributed by atoms with Crippen LogP contribution in [0.4, 0.5) is 0 Å². The summed E-state index contributed by atoms with van der Waals surface area (Å²) in [5, 5.41) is 82.1. The fourth-order valence-electron chi connectivity index (χ4n) is 13.1. The van der Waals surface area contributed by atoms with E-state index in [1.165, 1.54) is 41.7 Å². The highest BCUT2D eigenvalue weighted by atomic mass is 16.4. The molecule has 1 fully saturated rings. The van der Waals surface area contributed by atoms with Gasteiger partial charge in [-0.1, -0.05) is 94.3 Å². The normalized spacial score (nSPS) is 15.2. The maximum Gasteiger partial charge on any atom is 0.303 e. The zero-order valence-corrected chi connectivity index (χ0v) is 66.3. The number of para-hydroxylation sites is 1. The second-order valence-electron chi connectivity index (χ2n) is 29.0. The highest BCUT2D eigenvalue weighted by Crippen LogP contribution is 2.22. The summed E-state index contributed by atoms with van der Waals surface area (Å²) >= 11 is 0. The third-order valence-electron chi connectivity index (χ3n) is 19.5. The van der Waals surface area contributed by atoms with Gasteiger partial charge in [-0.3, -0.25) is 77.3 Å². The lowest BCUT2D eigenvalue weighted by Gasteiger charge is -2.28. The van der Waals surface area contributed by atoms with E-state index in [0.717, 1.165) is 6.92 Å². The molecule has 0 saturated carbocycles. The number of carboxylic acids is 1. The number of unbranched alkanes of at least 4 members (excludes halogenated alkanes) is 2. The molecule has 0 unspecified atom stereocenters. The first kappa shape index (κ1) is 94.3. The summed E-state index contributed by atoms with van der Waals surface area (Å²) in [5.41, 5.74) is 19.3. The van der Waals surface area contributed by atoms with Crippen LogP contribution in [0, 0.1) is 11.3 Å². The van der Waals surface area contributed by atoms with Crippen molar-refractivity contribution in [2.75, 3.05) is 39.4 Å². The largest absolute Gasteiger partial charge is 0.508 e. The number of hydrogen-bond donors (Lipinski definition) is 23. The average Bonchev–Trinajstić information content (AvgIpc) is 1.64. The maximum absolute atomic E-state index is 15.2. The Kier molecular flexibility index (Phi) is 38.4. The number of nitrogens with two attached hydrogens (primary N) is 3. The van der Waals surface area contributed by atoms with Crippen molar-refractivity contribution in [3.8, 4) is 5.75 Å². The molecule has 3 aromatic carbocycles. The number of benzene rings is 3. The average molecular weight is 1650 g/mol. The number of aromatic hydroxyl groups is 1. The second-order valence-corrected chi connectivity index (χ2v) is 29.0. The number of carboxylic acid groups (broad SMARTS) is 1. The molecular weight excluding hydrogens is 1530 g/mol. The van der Waals surface area contributed by atoms with Crippen LogP contribution in [-0.2, 0) is 97.6 Å². The Morgan fingerprint density at radius 2 is 1.03 bits per heavy atom. The van der Waals surface area contributed by atoms with Gasteiger partial charge in [0, 0.05) is 75.4 Å². The number of hydrogen-bond acceptors (Lipinski definition) is 21. The Bertz CT molecular complexity index is 4240. The molecule has 40 nitrogen and oxygen atoms in total. The van der Waals surface area contributed by atoms with Crippen LogP contribution in [0.25, 0.3) is 10.9 Å². The van der Waals surface area contributed by atoms with E-state index < -0.39 is 206 Å². The Hall–Kier alpha value is -12.6. The summed E-state index contributed by atoms with van der Waals surface area (Å²) in [5.74, 6) is -15.1. The first-order valence-electron chi connectivity index (χ1n) is 39.1. The Morgan fingerprint density at radius 3 is 1.55 bits per heavy atom. The van der Waals surface area contributed by atoms with Gasteiger partial charge in [-0.25, -0.2) is 4.98 Å². The molecule has 3 heterocycles. The topological polar surface area (TPSA) is 643 Å². The van der Waals surface area contributed by atoms with Crippen molar-refractivity contribution in [3.63, 3.8) is 0 Å². The van der Waals surface area contributed by atoms with Crippen molar-refractivity contribution < 1.29 is 92.3 Å². The van der Waals surface area contributed by atoms with Crippen molar-refractivity contribution in [3.05, 3.63) is 120 Å². The van der Waals surface area contributed by atoms with E-state index in [4.69, 9.17) is 22.6 Å². The molecule has 0 bridgehead atoms. The van der Waals surface area contributed by atoms with E-state index in [0.29, 0.717) is 53.3 Å². The highest BCUT2D eigenvalue weighted by molar-refractivity contribution is 6.00. The summed E-state index contributed by atoms with van der Waals surface area (Å²) in [6.45, 7) is 4.04. The summed E-state index contributed by atoms with van der Waals surface area (Å²) < 4.78 is 0. The number of fused-ring (bicyclic) bond motifs is 1. The third kappa shape index (κ3) is 30.6. The molecule has 26 N–H and O–H groups in total. The second kappa shape index (κ2) is 48.1. The van der Waals surface area contributed by atoms with Gasteiger partial charge in [0.05, 0.1) is 31.8 Å². The fourth-order valence-corrected chi connectivity index (χ4v) is 13.1. The van der Waals surface area contributed by atoms with Crippen molar-refractivity contribution in [1.82, 2.24) is 89.0 Å². The van der Waals surface area contributed by atoms with E-state index in [1.54, 1.807) is 81.6 Å². The monoisotopic (exact) mass is 1650 g/mol. The van der Waals surface area contributed by atoms with Gasteiger partial charge < -0.3 is 122 Å². The van der Waals surface area contributed by atoms with Crippen LogP contribution in [0.3, 0.4) is 0 Å². The Labute approximate surface area is 680 Å². The molecule has 2 aromatic heterocycles. The molecule has 642 valence electrons. The number of phenols is 1. The van der Waals surface area contributed by atoms with Crippen LogP contribution in [0.15, 0.2) is 97.6 Å². The molecule has 14 amide bonds. The molecule has 118 heavy (non-hydrogen) atoms. The zero-order valence-electron chi connectivity index (χ0n) is 66.3. The van der Waals surface area contributed by atoms with Gasteiger partial charge in [0.25, 0.3) is 0 Å². The number of likely N-dealkylation sites (tertiary alicyclic amines) is 1. The van der Waals surface area contributed by atoms with Gasteiger partial charge >= 0.3 is 5.97 Å². The Morgan fingerprint density at radius 1 is 0.551 bits per heavy atom. The number of aliphatic hydroxyl groups excluding tert-OH is 2. The lowest BCUT2D eigenvalue weighted by Crippen LogP contribution is -2.61. The van der Waals surface area contributed by atoms with E-state index in [9.17, 15) is 73.2 Å². The van der Waals surface area contributed by atoms with Crippen molar-refractivity contribution >= 4 is 106 Å². The summed E-state index contributed by atoms with van der Waals surface area (Å²) in [7, 11) is 0. The predicted octanol–water partition coefficient (Wildman–Crippen LogP) is -4.10. The molecule has 12 atom stereocenters. The number of imidazole rings is 1. The number of aromatic nitrogens is 3. The molecule has 1 aliphatic heterocycles. The van der Waals surface area contributed by atoms with Crippen LogP contribution < -0.4 is 86.3 Å². The van der Waals surface area contributed by atoms with E-state index in [1.807, 2.05) is 0 Å². The van der Waals surface area contributed by atoms with Crippen molar-refractivity contribution in [2.24, 2.45) is 23.1 Å². The summed E-state index contributed by atoms with van der Waals surface area (Å²) in [4.78, 5) is 220. The highest BCUT2D eigenvalue weighted by Gasteiger charge is 2.40. The summed E-state index contributed by atoms with van der Waals surface area (Å²) in [6.07, 6.45) is 3.52. The van der Waals surface area contributed by atoms with Gasteiger partial charge in [0.1, 0.15) is 78.3 Å². The molecule has 1 saturated heterocycles. The lowest BCUT2D eigenvalue weighted by atomic mass is 10.0. The molecule has 0 radical (unpaired) electrons. The van der Waals surface area contributed by atoms with E-state index in [2.05, 4.69) is 84.1 Å². The lowest BCUT2D eigenvalue weighted by molar-refractivity contribution is -0.140. The summed E-state index contributed by atoms with van der Waals surface area (Å²) in [6, 6.07) is 2.84. The minimum atomic E-state index is -1.83. The molecular formula is C78H111N21O19. The van der Waals surface area contributed by atoms with Gasteiger partial charge in [0.15, 0.2) is 5.96 Å². The standard InChI is InChI=1S/C78H111N21O19/c1-5-6-19-53(91-76(117)61(41-101)97-72(113)57(34-46-24-26-49(103)27-25-46)94-75(116)60(40-100)88-44(4)102)68(109)92-55(28-29-64(105)106)70(111)96-59(36-48-38-83-42-87-48)74(115)93-56(33-45-16-8-7-9-17-45)71(112)90-54(22-14-31-84-78(81)82)69(110)95-58(35-47-37-85-51-20-11-10-18-50(47)51)73(114)89-52(21-12-13-30-79)67(108)86-39-63(104)99-32-15-23-62(99)77(118)98-65(43(2)3)66(80)107/h7-11,16-18,20,24-27,37-38,42-43,52-62,65,85,100-101,103H,5-6,12-15,19,21-23,28-36,39-41,79H2,1-4H3,(H2,80,107)(H,83,87)(H,86,108)(H,88,102)(H,89,114)(H,90,112)(H,91,117)(H,92,109)(H,93,115)(H,94,116)(H,95,110)(H,96,111)(H,97,113)(H,98,118)(H,105,106)(H4,81,82,84)/t52-,53-,54-,55-,56+,57-,58-,59-,60-,61-,62-,65-/m0/s1. The van der Waals surface area contributed by atoms with Gasteiger partial charge in [-0.05, 0) is 105 Å². The number of guanidine groups is 1. The van der Waals surface area contributed by atoms with E-state index >= 15 is 19.2 Å². The predicted molar refractivity (Wildman–Crippen MR) is 428 cm³/mol. The molecule has 0 aliphatic carbocycles. The van der Waals surface area contributed by atoms with Crippen LogP contribution in [0.1, 0.15) is 127 Å². The molecule has 40 heteroatoms. The molecule has 0 spiro atoms. The van der Waals surface area contributed by atoms with Gasteiger partial charge in [0.2, 0.25) is 82.7 Å². The minimum absolute atomic E-state index is 0.00188. The molecule has 5 aromatic rings. The third-order valence-corrected chi connectivity index (χ3v) is 19.5. The van der Waals surface area contributed by atoms with E-state index in [-0.39, 0.29) is 94.8 Å². The van der Waals surface area contributed by atoms with Crippen molar-refractivity contribution in [2.45, 2.75) is 203 Å². The fraction of sp³-hybridized carbons (Fsp3) is 0.500. The van der Waals surface area contributed by atoms with Crippen LogP contribution in [0.2, 0.25) is 0 Å². The number of nitrogens with one attached hydrogen (secondary N) is 16. The number of carbonyl (C=O) groups is 15. The van der Waals surface area contributed by atoms with Crippen molar-refractivity contribution in [1.29, 1.82) is 5.41 Å². The number of H-pyrrole nitrogens is 2. The number of primary amides is 1. The Balaban J connectivity index is 1.26. The number of aromatic amines is 2. The van der Waals surface area contributed by atoms with Crippen LogP contribution in [0.5, 0.6) is 5.75 Å². The number of rotatable bonds is 50. The number of amides is 14. The van der Waals surface area contributed by atoms with Crippen LogP contribution >= 0.6 is 0 Å². The van der Waals surface area contributed by atoms with Gasteiger partial charge in [-0.2, -0.15) is 0 Å². The van der Waals surface area contributed by atoms with Crippen LogP contribution in [-0.4, -0.2) is 247 Å². The SMILES string of the molecule is CCCC[C@H](NC(=O)[C@H](CO)NC(=O)[C@H](Cc1ccc(O)cc1)NC(=O)[C@H](CO)NC(C)=O)C(=O)N[C@@H](CCC(=O)O)C(=O)N[C@@H](Cc1c[nH]cn1)C(=O)N[C@H](Cc1ccccc1)C(=O)N[C@@H](CCCNC(=N)N)C(=O)N[C@@H](Cc1c[nH]c2ccccc12)C(=O)N[C@@H](CCCCN)C(=O)NCC(=O)N1CCC[C@H]1C(=O)N[C@H](C(N)=O)C(C)C. The minimum Gasteiger partial charge on any atom is -0.508 e.